The van der Waals surface area contributed by atoms with Crippen LogP contribution < -0.4 is 15.0 Å². The molecule has 40 heavy (non-hydrogen) atoms. The minimum Gasteiger partial charge on any atom is -0.504 e. The molecule has 0 spiro atoms. The molecule has 0 bridgehead atoms. The number of aromatic nitrogens is 1. The molecule has 3 heterocycles. The summed E-state index contributed by atoms with van der Waals surface area (Å²) in [5.41, 5.74) is 1.79. The Labute approximate surface area is 230 Å². The van der Waals surface area contributed by atoms with Gasteiger partial charge in [0.1, 0.15) is 5.54 Å². The monoisotopic (exact) mass is 539 g/mol. The predicted octanol–water partition coefficient (Wildman–Crippen LogP) is 3.96. The lowest BCUT2D eigenvalue weighted by molar-refractivity contribution is -0.148. The largest absolute Gasteiger partial charge is 0.504 e. The number of aryl methyl sites for hydroxylation is 1. The molecule has 9 heteroatoms. The first-order valence-corrected chi connectivity index (χ1v) is 13.2. The van der Waals surface area contributed by atoms with Crippen LogP contribution in [-0.2, 0) is 27.2 Å². The van der Waals surface area contributed by atoms with E-state index >= 15 is 0 Å². The van der Waals surface area contributed by atoms with Gasteiger partial charge in [-0.2, -0.15) is 0 Å². The van der Waals surface area contributed by atoms with Gasteiger partial charge in [0.25, 0.3) is 0 Å². The quantitative estimate of drug-likeness (QED) is 0.261. The van der Waals surface area contributed by atoms with Crippen LogP contribution in [0.1, 0.15) is 29.7 Å². The van der Waals surface area contributed by atoms with Gasteiger partial charge in [-0.25, -0.2) is 4.90 Å². The Morgan fingerprint density at radius 2 is 1.80 bits per heavy atom. The Hall–Kier alpha value is -4.63. The number of carboxylic acids is 1. The van der Waals surface area contributed by atoms with Crippen molar-refractivity contribution in [3.63, 3.8) is 0 Å². The molecule has 9 nitrogen and oxygen atoms in total. The summed E-state index contributed by atoms with van der Waals surface area (Å²) in [6.07, 6.45) is 2.53. The Morgan fingerprint density at radius 1 is 1.05 bits per heavy atom. The first kappa shape index (κ1) is 25.6. The maximum atomic E-state index is 14.1. The predicted molar refractivity (Wildman–Crippen MR) is 148 cm³/mol. The lowest BCUT2D eigenvalue weighted by Crippen LogP contribution is -2.57. The van der Waals surface area contributed by atoms with Crippen LogP contribution in [0.3, 0.4) is 0 Å². The summed E-state index contributed by atoms with van der Waals surface area (Å²) >= 11 is 0. The molecule has 0 saturated carbocycles. The lowest BCUT2D eigenvalue weighted by atomic mass is 9.76. The van der Waals surface area contributed by atoms with E-state index in [-0.39, 0.29) is 17.9 Å². The van der Waals surface area contributed by atoms with Crippen molar-refractivity contribution in [2.45, 2.75) is 31.3 Å². The fraction of sp³-hybridized carbons (Fsp3) is 0.258. The number of H-pyrrole nitrogens is 1. The van der Waals surface area contributed by atoms with Gasteiger partial charge in [-0.3, -0.25) is 19.7 Å². The molecule has 4 unspecified atom stereocenters. The van der Waals surface area contributed by atoms with Crippen molar-refractivity contribution in [1.29, 1.82) is 0 Å². The molecule has 2 fully saturated rings. The third-order valence-corrected chi connectivity index (χ3v) is 8.35. The number of rotatable bonds is 7. The van der Waals surface area contributed by atoms with E-state index in [1.807, 2.05) is 43.3 Å². The van der Waals surface area contributed by atoms with Gasteiger partial charge in [0.05, 0.1) is 24.6 Å². The van der Waals surface area contributed by atoms with E-state index in [0.29, 0.717) is 11.3 Å². The van der Waals surface area contributed by atoms with Crippen LogP contribution in [0.2, 0.25) is 0 Å². The van der Waals surface area contributed by atoms with Crippen molar-refractivity contribution in [3.8, 4) is 11.5 Å². The van der Waals surface area contributed by atoms with Crippen molar-refractivity contribution in [1.82, 2.24) is 10.3 Å². The van der Waals surface area contributed by atoms with Crippen LogP contribution in [0.15, 0.2) is 72.9 Å². The van der Waals surface area contributed by atoms with Crippen molar-refractivity contribution >= 4 is 34.4 Å². The fourth-order valence-corrected chi connectivity index (χ4v) is 6.33. The number of para-hydroxylation sites is 1. The molecule has 2 aliphatic rings. The Kier molecular flexibility index (Phi) is 6.11. The Bertz CT molecular complexity index is 1640. The number of aliphatic carboxylic acids is 1. The molecule has 2 aliphatic heterocycles. The van der Waals surface area contributed by atoms with Crippen LogP contribution in [0.4, 0.5) is 5.69 Å². The first-order chi connectivity index (χ1) is 19.3. The minimum absolute atomic E-state index is 0.0269. The Balaban J connectivity index is 1.51. The molecule has 1 aromatic heterocycles. The number of carbonyl (C=O) groups excluding carboxylic acids is 2. The number of phenols is 1. The zero-order chi connectivity index (χ0) is 28.2. The van der Waals surface area contributed by atoms with E-state index < -0.39 is 41.2 Å². The second kappa shape index (κ2) is 9.53. The summed E-state index contributed by atoms with van der Waals surface area (Å²) in [5, 5.41) is 25.1. The number of methoxy groups -OCH3 is 1. The van der Waals surface area contributed by atoms with Gasteiger partial charge < -0.3 is 19.9 Å². The van der Waals surface area contributed by atoms with Crippen molar-refractivity contribution < 1.29 is 29.3 Å². The number of hydrogen-bond acceptors (Lipinski definition) is 6. The van der Waals surface area contributed by atoms with Gasteiger partial charge >= 0.3 is 5.97 Å². The molecule has 2 saturated heterocycles. The number of hydrogen-bond donors (Lipinski definition) is 4. The summed E-state index contributed by atoms with van der Waals surface area (Å²) in [4.78, 5) is 45.8. The molecule has 0 radical (unpaired) electrons. The minimum atomic E-state index is -1.78. The second-order valence-electron chi connectivity index (χ2n) is 10.4. The molecule has 6 rings (SSSR count). The number of nitrogens with one attached hydrogen (secondary N) is 2. The summed E-state index contributed by atoms with van der Waals surface area (Å²) in [7, 11) is 1.41. The number of amides is 2. The molecule has 3 aromatic carbocycles. The number of aromatic hydroxyl groups is 1. The highest BCUT2D eigenvalue weighted by molar-refractivity contribution is 6.24. The van der Waals surface area contributed by atoms with Gasteiger partial charge in [-0.05, 0) is 53.4 Å². The van der Waals surface area contributed by atoms with E-state index in [0.717, 1.165) is 33.4 Å². The maximum Gasteiger partial charge on any atom is 0.325 e. The SMILES string of the molecule is CCc1ccc(N2C(=O)C3C(c4ccc(O)c(OC)c4)NC(Cc4c[nH]c5ccccc45)(C(=O)O)C3C2=O)cc1. The van der Waals surface area contributed by atoms with Gasteiger partial charge in [0, 0.05) is 29.6 Å². The molecule has 4 aromatic rings. The number of benzene rings is 3. The topological polar surface area (TPSA) is 132 Å². The smallest absolute Gasteiger partial charge is 0.325 e. The third-order valence-electron chi connectivity index (χ3n) is 8.35. The number of imide groups is 1. The van der Waals surface area contributed by atoms with Crippen molar-refractivity contribution in [3.05, 3.63) is 89.6 Å². The number of aromatic amines is 1. The van der Waals surface area contributed by atoms with Crippen LogP contribution in [0.5, 0.6) is 11.5 Å². The first-order valence-electron chi connectivity index (χ1n) is 13.2. The zero-order valence-corrected chi connectivity index (χ0v) is 22.0. The molecule has 204 valence electrons. The third kappa shape index (κ3) is 3.76. The van der Waals surface area contributed by atoms with E-state index in [9.17, 15) is 24.6 Å². The highest BCUT2D eigenvalue weighted by atomic mass is 16.5. The average molecular weight is 540 g/mol. The summed E-state index contributed by atoms with van der Waals surface area (Å²) < 4.78 is 5.29. The number of fused-ring (bicyclic) bond motifs is 2. The molecule has 0 aliphatic carbocycles. The summed E-state index contributed by atoms with van der Waals surface area (Å²) in [5.74, 6) is -4.31. The number of ether oxygens (including phenoxy) is 1. The lowest BCUT2D eigenvalue weighted by Gasteiger charge is -2.31. The van der Waals surface area contributed by atoms with Crippen LogP contribution in [-0.4, -0.2) is 45.6 Å². The normalized spacial score (nSPS) is 24.1. The molecular weight excluding hydrogens is 510 g/mol. The van der Waals surface area contributed by atoms with Crippen LogP contribution in [0, 0.1) is 11.8 Å². The molecule has 4 N–H and O–H groups in total. The second-order valence-corrected chi connectivity index (χ2v) is 10.4. The molecule has 2 amide bonds. The van der Waals surface area contributed by atoms with Crippen molar-refractivity contribution in [2.24, 2.45) is 11.8 Å². The van der Waals surface area contributed by atoms with Gasteiger partial charge in [0.15, 0.2) is 11.5 Å². The molecule has 4 atom stereocenters. The summed E-state index contributed by atoms with van der Waals surface area (Å²) in [6, 6.07) is 18.5. The van der Waals surface area contributed by atoms with E-state index in [1.54, 1.807) is 30.5 Å². The van der Waals surface area contributed by atoms with Gasteiger partial charge in [-0.15, -0.1) is 0 Å². The molecular formula is C31H29N3O6. The Morgan fingerprint density at radius 3 is 2.50 bits per heavy atom. The van der Waals surface area contributed by atoms with Crippen molar-refractivity contribution in [2.75, 3.05) is 12.0 Å². The number of phenolic OH excluding ortho intramolecular Hbond substituents is 1. The standard InChI is InChI=1S/C31H29N3O6/c1-3-17-8-11-20(12-9-17)34-28(36)25-26(29(34)37)31(30(38)39,15-19-16-32-22-7-5-4-6-21(19)22)33-27(25)18-10-13-23(35)24(14-18)40-2/h4-14,16,25-27,32-33,35H,3,15H2,1-2H3,(H,38,39). The fourth-order valence-electron chi connectivity index (χ4n) is 6.33. The number of carbonyl (C=O) groups is 3. The van der Waals surface area contributed by atoms with E-state index in [2.05, 4.69) is 10.3 Å². The number of anilines is 1. The van der Waals surface area contributed by atoms with E-state index in [4.69, 9.17) is 4.74 Å². The van der Waals surface area contributed by atoms with Crippen LogP contribution in [0.25, 0.3) is 10.9 Å². The maximum absolute atomic E-state index is 14.1. The van der Waals surface area contributed by atoms with Gasteiger partial charge in [-0.1, -0.05) is 43.3 Å². The highest BCUT2D eigenvalue weighted by Gasteiger charge is 2.68. The summed E-state index contributed by atoms with van der Waals surface area (Å²) in [6.45, 7) is 2.01. The number of carboxylic acid groups (broad SMARTS) is 1. The number of nitrogens with zero attached hydrogens (tertiary/aromatic N) is 1. The van der Waals surface area contributed by atoms with Gasteiger partial charge in [0.2, 0.25) is 11.8 Å². The van der Waals surface area contributed by atoms with E-state index in [1.165, 1.54) is 13.2 Å². The van der Waals surface area contributed by atoms with Crippen LogP contribution >= 0.6 is 0 Å². The average Bonchev–Trinajstić information content (AvgIpc) is 3.61. The zero-order valence-electron chi connectivity index (χ0n) is 22.0. The highest BCUT2D eigenvalue weighted by Crippen LogP contribution is 2.52.